The van der Waals surface area contributed by atoms with Crippen molar-refractivity contribution in [3.05, 3.63) is 52.1 Å². The molecule has 1 aromatic carbocycles. The lowest BCUT2D eigenvalue weighted by Crippen LogP contribution is -2.07. The zero-order chi connectivity index (χ0) is 17.3. The van der Waals surface area contributed by atoms with Gasteiger partial charge in [-0.1, -0.05) is 0 Å². The summed E-state index contributed by atoms with van der Waals surface area (Å²) in [6, 6.07) is 7.87. The fourth-order valence-electron chi connectivity index (χ4n) is 2.30. The normalized spacial score (nSPS) is 10.8. The van der Waals surface area contributed by atoms with Gasteiger partial charge in [-0.25, -0.2) is 9.59 Å². The molecule has 0 aliphatic heterocycles. The Morgan fingerprint density at radius 2 is 1.92 bits per heavy atom. The van der Waals surface area contributed by atoms with E-state index in [4.69, 9.17) is 18.3 Å². The number of carbonyl (C=O) groups excluding carboxylic acids is 2. The summed E-state index contributed by atoms with van der Waals surface area (Å²) in [5.74, 6) is -0.339. The van der Waals surface area contributed by atoms with E-state index in [1.165, 1.54) is 6.07 Å². The first-order valence-corrected chi connectivity index (χ1v) is 7.96. The van der Waals surface area contributed by atoms with E-state index in [1.54, 1.807) is 38.1 Å². The third kappa shape index (κ3) is 3.07. The molecule has 0 fully saturated rings. The number of rotatable bonds is 4. The van der Waals surface area contributed by atoms with Crippen LogP contribution >= 0.6 is 15.9 Å². The first-order valence-electron chi connectivity index (χ1n) is 7.17. The summed E-state index contributed by atoms with van der Waals surface area (Å²) in [5.41, 5.74) is 0.835. The summed E-state index contributed by atoms with van der Waals surface area (Å²) >= 11 is 3.12. The van der Waals surface area contributed by atoms with Gasteiger partial charge in [0.05, 0.1) is 6.61 Å². The third-order valence-electron chi connectivity index (χ3n) is 3.30. The summed E-state index contributed by atoms with van der Waals surface area (Å²) in [4.78, 5) is 24.1. The van der Waals surface area contributed by atoms with Crippen LogP contribution in [0.3, 0.4) is 0 Å². The van der Waals surface area contributed by atoms with Gasteiger partial charge in [0.25, 0.3) is 0 Å². The lowest BCUT2D eigenvalue weighted by molar-refractivity contribution is 0.0526. The van der Waals surface area contributed by atoms with Crippen molar-refractivity contribution in [1.82, 2.24) is 0 Å². The number of benzene rings is 1. The molecule has 0 radical (unpaired) electrons. The topological polar surface area (TPSA) is 78.9 Å². The maximum absolute atomic E-state index is 12.1. The van der Waals surface area contributed by atoms with E-state index in [1.807, 2.05) is 0 Å². The van der Waals surface area contributed by atoms with Crippen LogP contribution in [-0.4, -0.2) is 18.5 Å². The number of hydrogen-bond donors (Lipinski definition) is 0. The molecule has 2 heterocycles. The quantitative estimate of drug-likeness (QED) is 0.480. The summed E-state index contributed by atoms with van der Waals surface area (Å²) in [5, 5.41) is 0.525. The van der Waals surface area contributed by atoms with Crippen molar-refractivity contribution < 1.29 is 27.9 Å². The summed E-state index contributed by atoms with van der Waals surface area (Å²) in [6.07, 6.45) is 0. The minimum atomic E-state index is -0.641. The molecule has 6 nitrogen and oxygen atoms in total. The van der Waals surface area contributed by atoms with Crippen LogP contribution in [0.2, 0.25) is 0 Å². The van der Waals surface area contributed by atoms with Gasteiger partial charge < -0.3 is 18.3 Å². The number of fused-ring (bicyclic) bond motifs is 1. The summed E-state index contributed by atoms with van der Waals surface area (Å²) in [7, 11) is 0. The second-order valence-corrected chi connectivity index (χ2v) is 5.69. The van der Waals surface area contributed by atoms with Crippen molar-refractivity contribution in [2.24, 2.45) is 0 Å². The van der Waals surface area contributed by atoms with Crippen molar-refractivity contribution in [3.63, 3.8) is 0 Å². The van der Waals surface area contributed by atoms with Crippen LogP contribution in [0.4, 0.5) is 0 Å². The van der Waals surface area contributed by atoms with Crippen molar-refractivity contribution in [1.29, 1.82) is 0 Å². The number of carbonyl (C=O) groups is 2. The number of hydrogen-bond acceptors (Lipinski definition) is 6. The van der Waals surface area contributed by atoms with Crippen LogP contribution < -0.4 is 4.74 Å². The zero-order valence-corrected chi connectivity index (χ0v) is 14.5. The Balaban J connectivity index is 1.94. The molecule has 124 valence electrons. The molecule has 3 aromatic rings. The highest BCUT2D eigenvalue weighted by atomic mass is 79.9. The van der Waals surface area contributed by atoms with Gasteiger partial charge in [0.2, 0.25) is 5.76 Å². The number of esters is 2. The second kappa shape index (κ2) is 6.52. The van der Waals surface area contributed by atoms with E-state index < -0.39 is 11.9 Å². The lowest BCUT2D eigenvalue weighted by Gasteiger charge is -2.03. The molecule has 0 aliphatic rings. The molecule has 7 heteroatoms. The zero-order valence-electron chi connectivity index (χ0n) is 12.9. The van der Waals surface area contributed by atoms with Crippen LogP contribution in [0, 0.1) is 6.92 Å². The Kier molecular flexibility index (Phi) is 4.44. The number of ether oxygens (including phenoxy) is 2. The first-order chi connectivity index (χ1) is 11.5. The third-order valence-corrected chi connectivity index (χ3v) is 3.73. The van der Waals surface area contributed by atoms with Crippen molar-refractivity contribution in [2.75, 3.05) is 6.61 Å². The molecule has 0 N–H and O–H groups in total. The van der Waals surface area contributed by atoms with Crippen LogP contribution in [0.25, 0.3) is 11.0 Å². The molecule has 3 rings (SSSR count). The van der Waals surface area contributed by atoms with Gasteiger partial charge in [-0.05, 0) is 60.1 Å². The van der Waals surface area contributed by atoms with E-state index in [0.717, 1.165) is 0 Å². The van der Waals surface area contributed by atoms with Crippen LogP contribution in [0.1, 0.15) is 33.6 Å². The van der Waals surface area contributed by atoms with Crippen LogP contribution in [0.5, 0.6) is 5.75 Å². The number of halogens is 1. The number of furan rings is 2. The largest absolute Gasteiger partial charge is 0.462 e. The van der Waals surface area contributed by atoms with Crippen molar-refractivity contribution in [3.8, 4) is 5.75 Å². The molecule has 0 amide bonds. The molecule has 24 heavy (non-hydrogen) atoms. The fraction of sp³-hybridized carbons (Fsp3) is 0.176. The van der Waals surface area contributed by atoms with Gasteiger partial charge in [-0.3, -0.25) is 0 Å². The Labute approximate surface area is 145 Å². The molecular weight excluding hydrogens is 380 g/mol. The Morgan fingerprint density at radius 1 is 1.12 bits per heavy atom. The van der Waals surface area contributed by atoms with E-state index in [0.29, 0.717) is 27.0 Å². The second-order valence-electron chi connectivity index (χ2n) is 4.90. The maximum Gasteiger partial charge on any atom is 0.379 e. The van der Waals surface area contributed by atoms with Gasteiger partial charge >= 0.3 is 11.9 Å². The Hall–Kier alpha value is -2.54. The predicted octanol–water partition coefficient (Wildman–Crippen LogP) is 4.49. The van der Waals surface area contributed by atoms with Gasteiger partial charge in [0.1, 0.15) is 22.7 Å². The fourth-order valence-corrected chi connectivity index (χ4v) is 2.61. The van der Waals surface area contributed by atoms with E-state index in [9.17, 15) is 9.59 Å². The van der Waals surface area contributed by atoms with Gasteiger partial charge in [0.15, 0.2) is 4.67 Å². The Morgan fingerprint density at radius 3 is 2.58 bits per heavy atom. The average Bonchev–Trinajstić information content (AvgIpc) is 3.10. The lowest BCUT2D eigenvalue weighted by atomic mass is 10.1. The Bertz CT molecular complexity index is 920. The predicted molar refractivity (Wildman–Crippen MR) is 88.3 cm³/mol. The highest BCUT2D eigenvalue weighted by molar-refractivity contribution is 9.10. The SMILES string of the molecule is CCOC(=O)c1c(C)oc2ccc(OC(=O)c3ccc(Br)o3)cc12. The minimum absolute atomic E-state index is 0.0657. The highest BCUT2D eigenvalue weighted by Crippen LogP contribution is 2.30. The van der Waals surface area contributed by atoms with Crippen molar-refractivity contribution >= 4 is 38.8 Å². The highest BCUT2D eigenvalue weighted by Gasteiger charge is 2.21. The van der Waals surface area contributed by atoms with Crippen LogP contribution in [0.15, 0.2) is 43.8 Å². The summed E-state index contributed by atoms with van der Waals surface area (Å²) < 4.78 is 21.5. The molecular formula is C17H13BrO6. The maximum atomic E-state index is 12.1. The van der Waals surface area contributed by atoms with Gasteiger partial charge in [0, 0.05) is 5.39 Å². The standard InChI is InChI=1S/C17H13BrO6/c1-3-21-17(20)15-9(2)22-12-5-4-10(8-11(12)15)23-16(19)13-6-7-14(18)24-13/h4-8H,3H2,1-2H3. The van der Waals surface area contributed by atoms with Gasteiger partial charge in [-0.15, -0.1) is 0 Å². The smallest absolute Gasteiger partial charge is 0.379 e. The first kappa shape index (κ1) is 16.3. The monoisotopic (exact) mass is 392 g/mol. The van der Waals surface area contributed by atoms with Gasteiger partial charge in [-0.2, -0.15) is 0 Å². The molecule has 0 saturated carbocycles. The minimum Gasteiger partial charge on any atom is -0.462 e. The number of aryl methyl sites for hydroxylation is 1. The van der Waals surface area contributed by atoms with Crippen LogP contribution in [-0.2, 0) is 4.74 Å². The molecule has 0 aliphatic carbocycles. The molecule has 2 aromatic heterocycles. The average molecular weight is 393 g/mol. The molecule has 0 bridgehead atoms. The molecule has 0 spiro atoms. The summed E-state index contributed by atoms with van der Waals surface area (Å²) in [6.45, 7) is 3.66. The molecule has 0 saturated heterocycles. The molecule has 0 unspecified atom stereocenters. The van der Waals surface area contributed by atoms with E-state index in [-0.39, 0.29) is 18.1 Å². The van der Waals surface area contributed by atoms with E-state index in [2.05, 4.69) is 15.9 Å². The van der Waals surface area contributed by atoms with Crippen molar-refractivity contribution in [2.45, 2.75) is 13.8 Å². The van der Waals surface area contributed by atoms with E-state index >= 15 is 0 Å². The molecule has 0 atom stereocenters.